The maximum atomic E-state index is 12.7. The van der Waals surface area contributed by atoms with Gasteiger partial charge in [-0.15, -0.1) is 0 Å². The number of sulfone groups is 1. The Bertz CT molecular complexity index is 1050. The van der Waals surface area contributed by atoms with Crippen LogP contribution in [0.3, 0.4) is 0 Å². The number of hydrogen-bond donors (Lipinski definition) is 1. The molecule has 0 unspecified atom stereocenters. The van der Waals surface area contributed by atoms with Crippen LogP contribution in [0.15, 0.2) is 53.4 Å². The average Bonchev–Trinajstić information content (AvgIpc) is 2.79. The summed E-state index contributed by atoms with van der Waals surface area (Å²) >= 11 is 0. The molecule has 2 aromatic rings. The lowest BCUT2D eigenvalue weighted by atomic mass is 9.81. The summed E-state index contributed by atoms with van der Waals surface area (Å²) in [4.78, 5) is 13.0. The van der Waals surface area contributed by atoms with Crippen LogP contribution in [0.5, 0.6) is 0 Å². The van der Waals surface area contributed by atoms with Gasteiger partial charge in [-0.3, -0.25) is 4.79 Å². The van der Waals surface area contributed by atoms with Gasteiger partial charge in [-0.05, 0) is 48.1 Å². The minimum Gasteiger partial charge on any atom is -0.381 e. The second-order valence-corrected chi connectivity index (χ2v) is 10.3. The molecule has 0 radical (unpaired) electrons. The molecule has 0 bridgehead atoms. The molecule has 0 aliphatic carbocycles. The summed E-state index contributed by atoms with van der Waals surface area (Å²) in [5.41, 5.74) is 8.21. The first-order valence-corrected chi connectivity index (χ1v) is 12.1. The van der Waals surface area contributed by atoms with Gasteiger partial charge in [-0.25, -0.2) is 8.42 Å². The molecule has 1 saturated heterocycles. The van der Waals surface area contributed by atoms with Crippen molar-refractivity contribution in [2.75, 3.05) is 19.0 Å². The van der Waals surface area contributed by atoms with Crippen LogP contribution in [0.25, 0.3) is 11.1 Å². The zero-order chi connectivity index (χ0) is 22.5. The van der Waals surface area contributed by atoms with Crippen LogP contribution in [0.1, 0.15) is 31.7 Å². The van der Waals surface area contributed by atoms with E-state index in [9.17, 15) is 18.5 Å². The minimum absolute atomic E-state index is 0.0684. The highest BCUT2D eigenvalue weighted by atomic mass is 32.2. The minimum atomic E-state index is -3.22. The van der Waals surface area contributed by atoms with Gasteiger partial charge in [-0.1, -0.05) is 43.3 Å². The van der Waals surface area contributed by atoms with Gasteiger partial charge in [0, 0.05) is 19.6 Å². The molecule has 1 aliphatic heterocycles. The second-order valence-electron chi connectivity index (χ2n) is 8.05. The smallest absolute Gasteiger partial charge is 0.178 e. The van der Waals surface area contributed by atoms with Crippen molar-refractivity contribution in [1.29, 1.82) is 5.26 Å². The predicted octanol–water partition coefficient (Wildman–Crippen LogP) is 3.30. The van der Waals surface area contributed by atoms with Crippen LogP contribution in [0, 0.1) is 17.2 Å². The summed E-state index contributed by atoms with van der Waals surface area (Å²) < 4.78 is 29.2. The summed E-state index contributed by atoms with van der Waals surface area (Å²) in [5, 5.41) is 9.55. The van der Waals surface area contributed by atoms with Crippen molar-refractivity contribution in [3.05, 3.63) is 54.1 Å². The summed E-state index contributed by atoms with van der Waals surface area (Å²) in [6, 6.07) is 16.8. The molecular formula is C24H28N2O4S. The van der Waals surface area contributed by atoms with Gasteiger partial charge >= 0.3 is 0 Å². The summed E-state index contributed by atoms with van der Waals surface area (Å²) in [5.74, 6) is -0.427. The summed E-state index contributed by atoms with van der Waals surface area (Å²) in [7, 11) is -3.22. The Morgan fingerprint density at radius 1 is 1.10 bits per heavy atom. The summed E-state index contributed by atoms with van der Waals surface area (Å²) in [6.45, 7) is 2.58. The van der Waals surface area contributed by atoms with Gasteiger partial charge in [-0.2, -0.15) is 5.26 Å². The first-order chi connectivity index (χ1) is 14.8. The van der Waals surface area contributed by atoms with E-state index in [0.29, 0.717) is 37.4 Å². The number of carbonyl (C=O) groups excluding carboxylic acids is 1. The van der Waals surface area contributed by atoms with E-state index in [4.69, 9.17) is 10.5 Å². The third-order valence-electron chi connectivity index (χ3n) is 5.92. The van der Waals surface area contributed by atoms with E-state index in [-0.39, 0.29) is 18.0 Å². The van der Waals surface area contributed by atoms with E-state index in [1.165, 1.54) is 0 Å². The van der Waals surface area contributed by atoms with Crippen LogP contribution >= 0.6 is 0 Å². The van der Waals surface area contributed by atoms with Crippen LogP contribution < -0.4 is 5.73 Å². The molecule has 0 amide bonds. The zero-order valence-electron chi connectivity index (χ0n) is 17.7. The fraction of sp³-hybridized carbons (Fsp3) is 0.417. The molecule has 1 fully saturated rings. The van der Waals surface area contributed by atoms with Crippen LogP contribution in [0.4, 0.5) is 0 Å². The Morgan fingerprint density at radius 2 is 1.65 bits per heavy atom. The molecule has 1 atom stereocenters. The fourth-order valence-corrected chi connectivity index (χ4v) is 4.63. The molecule has 2 aromatic carbocycles. The molecule has 0 spiro atoms. The van der Waals surface area contributed by atoms with Crippen molar-refractivity contribution in [2.24, 2.45) is 11.7 Å². The maximum absolute atomic E-state index is 12.7. The number of hydrogen-bond acceptors (Lipinski definition) is 6. The highest BCUT2D eigenvalue weighted by Gasteiger charge is 2.36. The van der Waals surface area contributed by atoms with Crippen LogP contribution in [-0.2, 0) is 25.8 Å². The number of nitriles is 1. The zero-order valence-corrected chi connectivity index (χ0v) is 18.5. The number of rotatable bonds is 8. The van der Waals surface area contributed by atoms with Gasteiger partial charge in [0.15, 0.2) is 15.6 Å². The van der Waals surface area contributed by atoms with E-state index in [1.54, 1.807) is 31.2 Å². The molecule has 2 N–H and O–H groups in total. The van der Waals surface area contributed by atoms with E-state index >= 15 is 0 Å². The topological polar surface area (TPSA) is 110 Å². The van der Waals surface area contributed by atoms with Crippen LogP contribution in [0.2, 0.25) is 0 Å². The van der Waals surface area contributed by atoms with E-state index in [2.05, 4.69) is 6.07 Å². The lowest BCUT2D eigenvalue weighted by molar-refractivity contribution is -0.128. The Kier molecular flexibility index (Phi) is 7.26. The number of benzene rings is 2. The average molecular weight is 441 g/mol. The molecule has 0 aromatic heterocycles. The Labute approximate surface area is 183 Å². The number of ether oxygens (including phenoxy) is 1. The largest absolute Gasteiger partial charge is 0.381 e. The highest BCUT2D eigenvalue weighted by Crippen LogP contribution is 2.25. The first-order valence-electron chi connectivity index (χ1n) is 10.5. The molecule has 3 rings (SSSR count). The standard InChI is InChI=1S/C24H28N2O4S/c1-2-31(28,29)22-9-7-21(8-10-22)20-5-3-18(4-6-20)15-19(17-25)16-23(27)24(26)11-13-30-14-12-24/h3-10,19H,2,11-16,26H2,1H3/t19-/m1/s1. The molecule has 6 nitrogen and oxygen atoms in total. The van der Waals surface area contributed by atoms with Crippen LogP contribution in [-0.4, -0.2) is 38.7 Å². The first kappa shape index (κ1) is 23.1. The second kappa shape index (κ2) is 9.73. The quantitative estimate of drug-likeness (QED) is 0.674. The fourth-order valence-electron chi connectivity index (χ4n) is 3.74. The molecule has 0 saturated carbocycles. The van der Waals surface area contributed by atoms with Crippen molar-refractivity contribution < 1.29 is 17.9 Å². The number of Topliss-reactive ketones (excluding diaryl/α,β-unsaturated/α-hetero) is 1. The van der Waals surface area contributed by atoms with Crippen molar-refractivity contribution in [3.63, 3.8) is 0 Å². The molecule has 31 heavy (non-hydrogen) atoms. The summed E-state index contributed by atoms with van der Waals surface area (Å²) in [6.07, 6.45) is 1.61. The molecule has 164 valence electrons. The lowest BCUT2D eigenvalue weighted by Crippen LogP contribution is -2.52. The van der Waals surface area contributed by atoms with Gasteiger partial charge in [0.25, 0.3) is 0 Å². The van der Waals surface area contributed by atoms with Crippen molar-refractivity contribution in [1.82, 2.24) is 0 Å². The molecule has 1 heterocycles. The van der Waals surface area contributed by atoms with Crippen molar-refractivity contribution >= 4 is 15.6 Å². The van der Waals surface area contributed by atoms with Gasteiger partial charge in [0.1, 0.15) is 0 Å². The number of carbonyl (C=O) groups is 1. The van der Waals surface area contributed by atoms with Crippen molar-refractivity contribution in [3.8, 4) is 17.2 Å². The van der Waals surface area contributed by atoms with E-state index in [0.717, 1.165) is 16.7 Å². The number of nitrogens with two attached hydrogens (primary N) is 1. The molecule has 1 aliphatic rings. The van der Waals surface area contributed by atoms with Crippen molar-refractivity contribution in [2.45, 2.75) is 43.0 Å². The SMILES string of the molecule is CCS(=O)(=O)c1ccc(-c2ccc(C[C@@H](C#N)CC(=O)C3(N)CCOCC3)cc2)cc1. The van der Waals surface area contributed by atoms with Gasteiger partial charge < -0.3 is 10.5 Å². The van der Waals surface area contributed by atoms with Gasteiger partial charge in [0.2, 0.25) is 0 Å². The molecular weight excluding hydrogens is 412 g/mol. The number of nitrogens with zero attached hydrogens (tertiary/aromatic N) is 1. The predicted molar refractivity (Wildman–Crippen MR) is 119 cm³/mol. The monoisotopic (exact) mass is 440 g/mol. The third kappa shape index (κ3) is 5.59. The Morgan fingerprint density at radius 3 is 2.16 bits per heavy atom. The normalized spacial score (nSPS) is 16.9. The Hall–Kier alpha value is -2.53. The Balaban J connectivity index is 1.65. The van der Waals surface area contributed by atoms with E-state index in [1.807, 2.05) is 24.3 Å². The third-order valence-corrected chi connectivity index (χ3v) is 7.67. The maximum Gasteiger partial charge on any atom is 0.178 e. The lowest BCUT2D eigenvalue weighted by Gasteiger charge is -2.32. The van der Waals surface area contributed by atoms with E-state index < -0.39 is 21.3 Å². The highest BCUT2D eigenvalue weighted by molar-refractivity contribution is 7.91. The molecule has 7 heteroatoms. The van der Waals surface area contributed by atoms with Gasteiger partial charge in [0.05, 0.1) is 28.2 Å². The number of ketones is 1.